The van der Waals surface area contributed by atoms with Crippen molar-refractivity contribution in [3.8, 4) is 5.75 Å². The lowest BCUT2D eigenvalue weighted by molar-refractivity contribution is 0.475. The van der Waals surface area contributed by atoms with Gasteiger partial charge in [-0.1, -0.05) is 50.6 Å². The zero-order valence-corrected chi connectivity index (χ0v) is 13.3. The minimum atomic E-state index is 0.255. The number of phenols is 1. The summed E-state index contributed by atoms with van der Waals surface area (Å²) in [7, 11) is 0. The van der Waals surface area contributed by atoms with E-state index in [1.54, 1.807) is 12.1 Å². The summed E-state index contributed by atoms with van der Waals surface area (Å²) in [6.07, 6.45) is 3.33. The van der Waals surface area contributed by atoms with Gasteiger partial charge in [0.25, 0.3) is 0 Å². The molecule has 3 heteroatoms. The molecule has 2 aromatic carbocycles. The second kappa shape index (κ2) is 8.23. The summed E-state index contributed by atoms with van der Waals surface area (Å²) in [5.74, 6) is 1.14. The van der Waals surface area contributed by atoms with Crippen LogP contribution in [0.2, 0.25) is 0 Å². The van der Waals surface area contributed by atoms with Crippen LogP contribution >= 0.6 is 0 Å². The maximum atomic E-state index is 9.40. The number of benzene rings is 2. The highest BCUT2D eigenvalue weighted by Gasteiger charge is 2.10. The Bertz CT molecular complexity index is 591. The Kier molecular flexibility index (Phi) is 6.01. The molecule has 0 radical (unpaired) electrons. The van der Waals surface area contributed by atoms with E-state index in [0.29, 0.717) is 6.04 Å². The van der Waals surface area contributed by atoms with Crippen LogP contribution in [0, 0.1) is 0 Å². The molecule has 3 nitrogen and oxygen atoms in total. The Balaban J connectivity index is 2.30. The lowest BCUT2D eigenvalue weighted by Gasteiger charge is -2.19. The summed E-state index contributed by atoms with van der Waals surface area (Å²) in [6.45, 7) is 4.39. The molecule has 0 saturated heterocycles. The lowest BCUT2D eigenvalue weighted by atomic mass is 10.1. The van der Waals surface area contributed by atoms with Gasteiger partial charge in [-0.15, -0.1) is 0 Å². The van der Waals surface area contributed by atoms with Crippen LogP contribution < -0.4 is 5.32 Å². The maximum absolute atomic E-state index is 9.40. The molecule has 2 N–H and O–H groups in total. The molecule has 0 heterocycles. The van der Waals surface area contributed by atoms with Crippen LogP contribution in [0.25, 0.3) is 0 Å². The van der Waals surface area contributed by atoms with Crippen molar-refractivity contribution in [2.75, 3.05) is 0 Å². The summed E-state index contributed by atoms with van der Waals surface area (Å²) in [5.41, 5.74) is 1.90. The number of rotatable bonds is 6. The van der Waals surface area contributed by atoms with Crippen molar-refractivity contribution in [1.29, 1.82) is 0 Å². The van der Waals surface area contributed by atoms with E-state index in [4.69, 9.17) is 4.99 Å². The van der Waals surface area contributed by atoms with Crippen LogP contribution in [0.15, 0.2) is 59.6 Å². The molecule has 2 rings (SSSR count). The fraction of sp³-hybridized carbons (Fsp3) is 0.316. The van der Waals surface area contributed by atoms with E-state index < -0.39 is 0 Å². The SMILES string of the molecule is CCCC(CC)NC(=Nc1ccc(O)cc1)c1ccccc1. The van der Waals surface area contributed by atoms with E-state index in [2.05, 4.69) is 31.3 Å². The molecule has 0 spiro atoms. The lowest BCUT2D eigenvalue weighted by Crippen LogP contribution is -2.34. The monoisotopic (exact) mass is 296 g/mol. The molecule has 2 aromatic rings. The van der Waals surface area contributed by atoms with E-state index in [1.807, 2.05) is 30.3 Å². The number of nitrogens with one attached hydrogen (secondary N) is 1. The van der Waals surface area contributed by atoms with Gasteiger partial charge in [-0.25, -0.2) is 4.99 Å². The molecule has 22 heavy (non-hydrogen) atoms. The highest BCUT2D eigenvalue weighted by atomic mass is 16.3. The minimum Gasteiger partial charge on any atom is -0.508 e. The fourth-order valence-corrected chi connectivity index (χ4v) is 2.35. The number of hydrogen-bond acceptors (Lipinski definition) is 2. The Morgan fingerprint density at radius 3 is 2.32 bits per heavy atom. The van der Waals surface area contributed by atoms with Gasteiger partial charge >= 0.3 is 0 Å². The average molecular weight is 296 g/mol. The van der Waals surface area contributed by atoms with Gasteiger partial charge < -0.3 is 10.4 Å². The number of hydrogen-bond donors (Lipinski definition) is 2. The van der Waals surface area contributed by atoms with Crippen molar-refractivity contribution < 1.29 is 5.11 Å². The third kappa shape index (κ3) is 4.62. The van der Waals surface area contributed by atoms with E-state index >= 15 is 0 Å². The van der Waals surface area contributed by atoms with Crippen LogP contribution in [0.3, 0.4) is 0 Å². The van der Waals surface area contributed by atoms with E-state index in [1.165, 1.54) is 0 Å². The zero-order valence-electron chi connectivity index (χ0n) is 13.3. The molecule has 1 unspecified atom stereocenters. The molecule has 0 saturated carbocycles. The summed E-state index contributed by atoms with van der Waals surface area (Å²) >= 11 is 0. The summed E-state index contributed by atoms with van der Waals surface area (Å²) in [4.78, 5) is 4.73. The second-order valence-electron chi connectivity index (χ2n) is 5.38. The molecule has 0 aliphatic carbocycles. The number of phenolic OH excluding ortho intramolecular Hbond substituents is 1. The van der Waals surface area contributed by atoms with Gasteiger partial charge in [-0.2, -0.15) is 0 Å². The van der Waals surface area contributed by atoms with Crippen molar-refractivity contribution in [2.24, 2.45) is 4.99 Å². The largest absolute Gasteiger partial charge is 0.508 e. The Hall–Kier alpha value is -2.29. The fourth-order valence-electron chi connectivity index (χ4n) is 2.35. The molecule has 0 bridgehead atoms. The first-order chi connectivity index (χ1) is 10.7. The van der Waals surface area contributed by atoms with Crippen molar-refractivity contribution in [3.63, 3.8) is 0 Å². The predicted molar refractivity (Wildman–Crippen MR) is 92.9 cm³/mol. The zero-order chi connectivity index (χ0) is 15.8. The van der Waals surface area contributed by atoms with Crippen molar-refractivity contribution >= 4 is 11.5 Å². The van der Waals surface area contributed by atoms with Gasteiger partial charge in [0.15, 0.2) is 0 Å². The summed E-state index contributed by atoms with van der Waals surface area (Å²) < 4.78 is 0. The van der Waals surface area contributed by atoms with Crippen LogP contribution in [-0.2, 0) is 0 Å². The molecular formula is C19H24N2O. The standard InChI is InChI=1S/C19H24N2O/c1-3-8-16(4-2)20-19(15-9-6-5-7-10-15)21-17-11-13-18(22)14-12-17/h5-7,9-14,16,22H,3-4,8H2,1-2H3,(H,20,21). The molecule has 0 amide bonds. The highest BCUT2D eigenvalue weighted by Crippen LogP contribution is 2.18. The van der Waals surface area contributed by atoms with Gasteiger partial charge in [0, 0.05) is 11.6 Å². The molecule has 0 aliphatic rings. The van der Waals surface area contributed by atoms with Crippen LogP contribution in [0.5, 0.6) is 5.75 Å². The van der Waals surface area contributed by atoms with E-state index in [0.717, 1.165) is 36.3 Å². The smallest absolute Gasteiger partial charge is 0.134 e. The molecule has 0 fully saturated rings. The summed E-state index contributed by atoms with van der Waals surface area (Å²) in [5, 5.41) is 13.0. The van der Waals surface area contributed by atoms with Crippen LogP contribution in [0.1, 0.15) is 38.7 Å². The van der Waals surface area contributed by atoms with Crippen molar-refractivity contribution in [3.05, 3.63) is 60.2 Å². The Morgan fingerprint density at radius 1 is 1.05 bits per heavy atom. The Labute approximate surface area is 132 Å². The molecular weight excluding hydrogens is 272 g/mol. The van der Waals surface area contributed by atoms with Crippen molar-refractivity contribution in [1.82, 2.24) is 5.32 Å². The van der Waals surface area contributed by atoms with Gasteiger partial charge in [-0.05, 0) is 37.1 Å². The van der Waals surface area contributed by atoms with E-state index in [-0.39, 0.29) is 5.75 Å². The van der Waals surface area contributed by atoms with Gasteiger partial charge in [0.2, 0.25) is 0 Å². The average Bonchev–Trinajstić information content (AvgIpc) is 2.56. The van der Waals surface area contributed by atoms with E-state index in [9.17, 15) is 5.11 Å². The topological polar surface area (TPSA) is 44.6 Å². The van der Waals surface area contributed by atoms with Gasteiger partial charge in [0.05, 0.1) is 5.69 Å². The highest BCUT2D eigenvalue weighted by molar-refractivity contribution is 6.00. The Morgan fingerprint density at radius 2 is 1.73 bits per heavy atom. The second-order valence-corrected chi connectivity index (χ2v) is 5.38. The first-order valence-corrected chi connectivity index (χ1v) is 7.92. The third-order valence-electron chi connectivity index (χ3n) is 3.61. The predicted octanol–water partition coefficient (Wildman–Crippen LogP) is 4.64. The first kappa shape index (κ1) is 16.1. The van der Waals surface area contributed by atoms with Gasteiger partial charge in [0.1, 0.15) is 11.6 Å². The van der Waals surface area contributed by atoms with Crippen LogP contribution in [-0.4, -0.2) is 17.0 Å². The number of nitrogens with zero attached hydrogens (tertiary/aromatic N) is 1. The first-order valence-electron chi connectivity index (χ1n) is 7.92. The quantitative estimate of drug-likeness (QED) is 0.602. The maximum Gasteiger partial charge on any atom is 0.134 e. The molecule has 1 atom stereocenters. The number of aromatic hydroxyl groups is 1. The third-order valence-corrected chi connectivity index (χ3v) is 3.61. The normalized spacial score (nSPS) is 12.9. The van der Waals surface area contributed by atoms with Gasteiger partial charge in [-0.3, -0.25) is 0 Å². The molecule has 116 valence electrons. The number of aliphatic imine (C=N–C) groups is 1. The van der Waals surface area contributed by atoms with Crippen LogP contribution in [0.4, 0.5) is 5.69 Å². The molecule has 0 aliphatic heterocycles. The van der Waals surface area contributed by atoms with Crippen molar-refractivity contribution in [2.45, 2.75) is 39.2 Å². The summed E-state index contributed by atoms with van der Waals surface area (Å²) in [6, 6.07) is 17.5. The number of amidine groups is 1. The molecule has 0 aromatic heterocycles. The minimum absolute atomic E-state index is 0.255.